The number of hydrogen-bond donors (Lipinski definition) is 0. The fourth-order valence-electron chi connectivity index (χ4n) is 1.70. The molecule has 2 heterocycles. The Morgan fingerprint density at radius 3 is 2.79 bits per heavy atom. The minimum absolute atomic E-state index is 0.257. The molecule has 72 valence electrons. The van der Waals surface area contributed by atoms with Crippen molar-refractivity contribution in [3.8, 4) is 6.07 Å². The molecule has 2 rings (SSSR count). The number of nitriles is 1. The molecule has 1 fully saturated rings. The Balaban J connectivity index is 2.18. The maximum absolute atomic E-state index is 8.67. The van der Waals surface area contributed by atoms with Crippen LogP contribution in [0.2, 0.25) is 0 Å². The van der Waals surface area contributed by atoms with Gasteiger partial charge in [0, 0.05) is 19.3 Å². The van der Waals surface area contributed by atoms with Crippen LogP contribution in [0.25, 0.3) is 0 Å². The van der Waals surface area contributed by atoms with Crippen molar-refractivity contribution in [1.29, 1.82) is 5.26 Å². The molecule has 14 heavy (non-hydrogen) atoms. The van der Waals surface area contributed by atoms with E-state index in [0.29, 0.717) is 0 Å². The average Bonchev–Trinajstić information content (AvgIpc) is 2.30. The Morgan fingerprint density at radius 2 is 2.07 bits per heavy atom. The van der Waals surface area contributed by atoms with Crippen LogP contribution in [-0.4, -0.2) is 23.1 Å². The summed E-state index contributed by atoms with van der Waals surface area (Å²) in [5, 5.41) is 8.67. The Hall–Kier alpha value is -1.63. The summed E-state index contributed by atoms with van der Waals surface area (Å²) in [6.07, 6.45) is 5.37. The van der Waals surface area contributed by atoms with Gasteiger partial charge in [0.1, 0.15) is 11.9 Å². The van der Waals surface area contributed by atoms with E-state index in [9.17, 15) is 0 Å². The standard InChI is InChI=1S/C10H12N4/c11-8-9-12-5-4-10(13-9)14-6-2-1-3-7-14/h4-5H,1-3,6-7H2. The molecule has 0 N–H and O–H groups in total. The lowest BCUT2D eigenvalue weighted by atomic mass is 10.1. The van der Waals surface area contributed by atoms with Crippen LogP contribution in [0, 0.1) is 11.3 Å². The number of hydrogen-bond acceptors (Lipinski definition) is 4. The molecule has 1 aliphatic heterocycles. The fourth-order valence-corrected chi connectivity index (χ4v) is 1.70. The van der Waals surface area contributed by atoms with E-state index in [2.05, 4.69) is 14.9 Å². The molecule has 0 aromatic carbocycles. The van der Waals surface area contributed by atoms with Crippen LogP contribution in [0.1, 0.15) is 25.1 Å². The minimum Gasteiger partial charge on any atom is -0.356 e. The smallest absolute Gasteiger partial charge is 0.234 e. The largest absolute Gasteiger partial charge is 0.356 e. The second kappa shape index (κ2) is 4.05. The quantitative estimate of drug-likeness (QED) is 0.667. The van der Waals surface area contributed by atoms with Crippen molar-refractivity contribution in [2.45, 2.75) is 19.3 Å². The van der Waals surface area contributed by atoms with Gasteiger partial charge >= 0.3 is 0 Å². The summed E-state index contributed by atoms with van der Waals surface area (Å²) in [5.41, 5.74) is 0. The molecule has 4 heteroatoms. The molecule has 4 nitrogen and oxygen atoms in total. The summed E-state index contributed by atoms with van der Waals surface area (Å²) in [5.74, 6) is 1.14. The first-order valence-electron chi connectivity index (χ1n) is 4.88. The van der Waals surface area contributed by atoms with Gasteiger partial charge in [0.15, 0.2) is 0 Å². The molecule has 0 saturated carbocycles. The molecule has 0 amide bonds. The second-order valence-corrected chi connectivity index (χ2v) is 3.40. The molecule has 1 aliphatic rings. The van der Waals surface area contributed by atoms with Crippen molar-refractivity contribution in [2.75, 3.05) is 18.0 Å². The van der Waals surface area contributed by atoms with E-state index in [1.54, 1.807) is 6.20 Å². The van der Waals surface area contributed by atoms with Gasteiger partial charge in [0.2, 0.25) is 5.82 Å². The molecule has 0 unspecified atom stereocenters. The normalized spacial score (nSPS) is 16.4. The van der Waals surface area contributed by atoms with E-state index >= 15 is 0 Å². The highest BCUT2D eigenvalue weighted by Gasteiger charge is 2.12. The maximum Gasteiger partial charge on any atom is 0.234 e. The van der Waals surface area contributed by atoms with Gasteiger partial charge in [-0.25, -0.2) is 9.97 Å². The molecule has 1 saturated heterocycles. The maximum atomic E-state index is 8.67. The molecule has 0 aliphatic carbocycles. The predicted octanol–water partition coefficient (Wildman–Crippen LogP) is 1.34. The SMILES string of the molecule is N#Cc1nccc(N2CCCCC2)n1. The number of aromatic nitrogens is 2. The van der Waals surface area contributed by atoms with Crippen molar-refractivity contribution in [2.24, 2.45) is 0 Å². The van der Waals surface area contributed by atoms with Crippen LogP contribution in [0.15, 0.2) is 12.3 Å². The highest BCUT2D eigenvalue weighted by Crippen LogP contribution is 2.16. The monoisotopic (exact) mass is 188 g/mol. The molecule has 0 bridgehead atoms. The van der Waals surface area contributed by atoms with Gasteiger partial charge in [0.25, 0.3) is 0 Å². The zero-order valence-corrected chi connectivity index (χ0v) is 7.98. The van der Waals surface area contributed by atoms with Gasteiger partial charge in [-0.15, -0.1) is 0 Å². The minimum atomic E-state index is 0.257. The lowest BCUT2D eigenvalue weighted by Gasteiger charge is -2.27. The molecular weight excluding hydrogens is 176 g/mol. The van der Waals surface area contributed by atoms with Crippen molar-refractivity contribution in [1.82, 2.24) is 9.97 Å². The van der Waals surface area contributed by atoms with Crippen molar-refractivity contribution >= 4 is 5.82 Å². The summed E-state index contributed by atoms with van der Waals surface area (Å²) in [6.45, 7) is 2.09. The highest BCUT2D eigenvalue weighted by molar-refractivity contribution is 5.39. The summed E-state index contributed by atoms with van der Waals surface area (Å²) in [7, 11) is 0. The van der Waals surface area contributed by atoms with Gasteiger partial charge in [0.05, 0.1) is 0 Å². The molecule has 1 aromatic heterocycles. The summed E-state index contributed by atoms with van der Waals surface area (Å²) < 4.78 is 0. The van der Waals surface area contributed by atoms with Crippen LogP contribution in [0.5, 0.6) is 0 Å². The Kier molecular flexibility index (Phi) is 2.59. The van der Waals surface area contributed by atoms with Gasteiger partial charge in [-0.2, -0.15) is 5.26 Å². The lowest BCUT2D eigenvalue weighted by molar-refractivity contribution is 0.573. The van der Waals surface area contributed by atoms with Gasteiger partial charge in [-0.05, 0) is 25.3 Å². The Bertz CT molecular complexity index is 349. The fraction of sp³-hybridized carbons (Fsp3) is 0.500. The average molecular weight is 188 g/mol. The first kappa shape index (κ1) is 8.95. The summed E-state index contributed by atoms with van der Waals surface area (Å²) in [4.78, 5) is 10.2. The first-order chi connectivity index (χ1) is 6.90. The van der Waals surface area contributed by atoms with Gasteiger partial charge in [-0.3, -0.25) is 0 Å². The van der Waals surface area contributed by atoms with Crippen molar-refractivity contribution in [3.63, 3.8) is 0 Å². The molecule has 0 radical (unpaired) electrons. The highest BCUT2D eigenvalue weighted by atomic mass is 15.2. The van der Waals surface area contributed by atoms with E-state index in [1.807, 2.05) is 12.1 Å². The third-order valence-electron chi connectivity index (χ3n) is 2.42. The zero-order chi connectivity index (χ0) is 9.80. The summed E-state index contributed by atoms with van der Waals surface area (Å²) >= 11 is 0. The molecule has 1 aromatic rings. The Morgan fingerprint density at radius 1 is 1.29 bits per heavy atom. The number of piperidine rings is 1. The van der Waals surface area contributed by atoms with Gasteiger partial charge in [-0.1, -0.05) is 0 Å². The van der Waals surface area contributed by atoms with E-state index in [-0.39, 0.29) is 5.82 Å². The predicted molar refractivity (Wildman–Crippen MR) is 52.8 cm³/mol. The second-order valence-electron chi connectivity index (χ2n) is 3.40. The summed E-state index contributed by atoms with van der Waals surface area (Å²) in [6, 6.07) is 3.82. The molecule has 0 spiro atoms. The lowest BCUT2D eigenvalue weighted by Crippen LogP contribution is -2.30. The van der Waals surface area contributed by atoms with Crippen LogP contribution in [-0.2, 0) is 0 Å². The number of rotatable bonds is 1. The van der Waals surface area contributed by atoms with Crippen LogP contribution >= 0.6 is 0 Å². The van der Waals surface area contributed by atoms with Crippen molar-refractivity contribution in [3.05, 3.63) is 18.1 Å². The van der Waals surface area contributed by atoms with E-state index in [4.69, 9.17) is 5.26 Å². The van der Waals surface area contributed by atoms with E-state index < -0.39 is 0 Å². The number of nitrogens with zero attached hydrogens (tertiary/aromatic N) is 4. The van der Waals surface area contributed by atoms with Crippen LogP contribution in [0.4, 0.5) is 5.82 Å². The zero-order valence-electron chi connectivity index (χ0n) is 7.98. The third kappa shape index (κ3) is 1.82. The topological polar surface area (TPSA) is 52.8 Å². The molecule has 0 atom stereocenters. The van der Waals surface area contributed by atoms with Crippen LogP contribution in [0.3, 0.4) is 0 Å². The number of anilines is 1. The third-order valence-corrected chi connectivity index (χ3v) is 2.42. The molecular formula is C10H12N4. The van der Waals surface area contributed by atoms with Gasteiger partial charge < -0.3 is 4.90 Å². The Labute approximate surface area is 83.2 Å². The van der Waals surface area contributed by atoms with E-state index in [1.165, 1.54) is 19.3 Å². The first-order valence-corrected chi connectivity index (χ1v) is 4.88. The van der Waals surface area contributed by atoms with E-state index in [0.717, 1.165) is 18.9 Å². The van der Waals surface area contributed by atoms with Crippen LogP contribution < -0.4 is 4.90 Å². The van der Waals surface area contributed by atoms with Crippen molar-refractivity contribution < 1.29 is 0 Å².